The minimum Gasteiger partial charge on any atom is -0.336 e. The van der Waals surface area contributed by atoms with Crippen molar-refractivity contribution in [3.63, 3.8) is 0 Å². The molecule has 0 aliphatic carbocycles. The molecule has 1 aliphatic heterocycles. The summed E-state index contributed by atoms with van der Waals surface area (Å²) in [6.07, 6.45) is 0.965. The van der Waals surface area contributed by atoms with Crippen LogP contribution >= 0.6 is 27.3 Å². The maximum absolute atomic E-state index is 12.2. The molecule has 2 heterocycles. The fraction of sp³-hybridized carbons (Fsp3) is 0.583. The molecule has 0 aromatic carbocycles. The largest absolute Gasteiger partial charge is 0.336 e. The lowest BCUT2D eigenvalue weighted by atomic mass is 9.78. The maximum Gasteiger partial charge on any atom is 0.264 e. The van der Waals surface area contributed by atoms with Gasteiger partial charge in [-0.25, -0.2) is 0 Å². The number of thiophene rings is 1. The Bertz CT molecular complexity index is 430. The van der Waals surface area contributed by atoms with Crippen molar-refractivity contribution >= 4 is 33.2 Å². The molecule has 5 heteroatoms. The third-order valence-corrected chi connectivity index (χ3v) is 5.13. The second kappa shape index (κ2) is 4.71. The number of hydrogen-bond acceptors (Lipinski definition) is 3. The van der Waals surface area contributed by atoms with Gasteiger partial charge in [-0.05, 0) is 39.9 Å². The molecule has 17 heavy (non-hydrogen) atoms. The molecule has 94 valence electrons. The van der Waals surface area contributed by atoms with Crippen LogP contribution < -0.4 is 5.73 Å². The van der Waals surface area contributed by atoms with Crippen LogP contribution in [0.5, 0.6) is 0 Å². The highest BCUT2D eigenvalue weighted by Gasteiger charge is 2.35. The van der Waals surface area contributed by atoms with Crippen molar-refractivity contribution in [1.29, 1.82) is 0 Å². The van der Waals surface area contributed by atoms with Gasteiger partial charge in [-0.2, -0.15) is 0 Å². The van der Waals surface area contributed by atoms with Gasteiger partial charge >= 0.3 is 0 Å². The fourth-order valence-corrected chi connectivity index (χ4v) is 3.31. The molecule has 1 fully saturated rings. The van der Waals surface area contributed by atoms with E-state index >= 15 is 0 Å². The summed E-state index contributed by atoms with van der Waals surface area (Å²) in [5.74, 6) is 0.103. The highest BCUT2D eigenvalue weighted by molar-refractivity contribution is 9.11. The Morgan fingerprint density at radius 3 is 2.82 bits per heavy atom. The van der Waals surface area contributed by atoms with Gasteiger partial charge in [-0.1, -0.05) is 13.8 Å². The highest BCUT2D eigenvalue weighted by atomic mass is 79.9. The zero-order chi connectivity index (χ0) is 12.6. The molecule has 0 spiro atoms. The van der Waals surface area contributed by atoms with Crippen LogP contribution in [0.25, 0.3) is 0 Å². The molecule has 2 rings (SSSR count). The van der Waals surface area contributed by atoms with E-state index in [4.69, 9.17) is 5.73 Å². The number of amides is 1. The smallest absolute Gasteiger partial charge is 0.264 e. The molecule has 0 saturated carbocycles. The summed E-state index contributed by atoms with van der Waals surface area (Å²) in [4.78, 5) is 14.9. The van der Waals surface area contributed by atoms with E-state index in [2.05, 4.69) is 29.8 Å². The van der Waals surface area contributed by atoms with Gasteiger partial charge in [0.05, 0.1) is 8.66 Å². The number of rotatable bonds is 1. The zero-order valence-corrected chi connectivity index (χ0v) is 12.5. The number of carbonyl (C=O) groups is 1. The Hall–Kier alpha value is -0.390. The number of nitrogens with zero attached hydrogens (tertiary/aromatic N) is 1. The number of nitrogens with two attached hydrogens (primary N) is 1. The second-order valence-corrected chi connectivity index (χ2v) is 7.66. The van der Waals surface area contributed by atoms with Crippen molar-refractivity contribution in [2.24, 2.45) is 11.1 Å². The molecule has 1 aliphatic rings. The molecule has 1 atom stereocenters. The lowest BCUT2D eigenvalue weighted by Crippen LogP contribution is -2.54. The zero-order valence-electron chi connectivity index (χ0n) is 10.1. The van der Waals surface area contributed by atoms with Crippen molar-refractivity contribution in [2.75, 3.05) is 13.1 Å². The van der Waals surface area contributed by atoms with E-state index in [0.29, 0.717) is 6.54 Å². The van der Waals surface area contributed by atoms with E-state index in [1.807, 2.05) is 17.0 Å². The van der Waals surface area contributed by atoms with E-state index in [9.17, 15) is 4.79 Å². The summed E-state index contributed by atoms with van der Waals surface area (Å²) in [7, 11) is 0. The summed E-state index contributed by atoms with van der Waals surface area (Å²) in [5, 5.41) is 0. The van der Waals surface area contributed by atoms with Crippen molar-refractivity contribution in [2.45, 2.75) is 26.3 Å². The van der Waals surface area contributed by atoms with Crippen LogP contribution in [0.1, 0.15) is 29.9 Å². The topological polar surface area (TPSA) is 46.3 Å². The van der Waals surface area contributed by atoms with Crippen molar-refractivity contribution < 1.29 is 4.79 Å². The first-order valence-corrected chi connectivity index (χ1v) is 7.31. The highest BCUT2D eigenvalue weighted by Crippen LogP contribution is 2.31. The molecular formula is C12H17BrN2OS. The molecule has 0 radical (unpaired) electrons. The van der Waals surface area contributed by atoms with E-state index in [1.165, 1.54) is 11.3 Å². The molecule has 1 aromatic rings. The molecule has 0 bridgehead atoms. The summed E-state index contributed by atoms with van der Waals surface area (Å²) in [6.45, 7) is 5.79. The normalized spacial score (nSPS) is 23.8. The number of hydrogen-bond donors (Lipinski definition) is 1. The van der Waals surface area contributed by atoms with Gasteiger partial charge in [-0.3, -0.25) is 4.79 Å². The Morgan fingerprint density at radius 2 is 2.29 bits per heavy atom. The first kappa shape index (κ1) is 13.1. The van der Waals surface area contributed by atoms with Crippen LogP contribution in [0.3, 0.4) is 0 Å². The standard InChI is InChI=1S/C12H17BrN2OS/c1-12(2)5-6-15(7-9(12)14)11(16)8-3-4-10(13)17-8/h3-4,9H,5-7,14H2,1-2H3. The first-order valence-electron chi connectivity index (χ1n) is 5.70. The summed E-state index contributed by atoms with van der Waals surface area (Å²) < 4.78 is 0.988. The second-order valence-electron chi connectivity index (χ2n) is 5.20. The fourth-order valence-electron chi connectivity index (χ4n) is 1.95. The van der Waals surface area contributed by atoms with Crippen LogP contribution in [-0.2, 0) is 0 Å². The van der Waals surface area contributed by atoms with Gasteiger partial charge in [0.25, 0.3) is 5.91 Å². The molecule has 2 N–H and O–H groups in total. The van der Waals surface area contributed by atoms with Crippen LogP contribution in [0, 0.1) is 5.41 Å². The molecule has 3 nitrogen and oxygen atoms in total. The molecule has 1 aromatic heterocycles. The molecule has 1 amide bonds. The third kappa shape index (κ3) is 2.72. The average Bonchev–Trinajstić information content (AvgIpc) is 2.68. The number of piperidine rings is 1. The van der Waals surface area contributed by atoms with Crippen LogP contribution in [0.4, 0.5) is 0 Å². The number of halogens is 1. The third-order valence-electron chi connectivity index (χ3n) is 3.52. The predicted molar refractivity (Wildman–Crippen MR) is 74.3 cm³/mol. The van der Waals surface area contributed by atoms with Gasteiger partial charge in [0.1, 0.15) is 0 Å². The molecular weight excluding hydrogens is 300 g/mol. The van der Waals surface area contributed by atoms with Crippen LogP contribution in [0.2, 0.25) is 0 Å². The average molecular weight is 317 g/mol. The van der Waals surface area contributed by atoms with E-state index in [0.717, 1.165) is 21.6 Å². The first-order chi connectivity index (χ1) is 7.90. The van der Waals surface area contributed by atoms with Gasteiger partial charge in [0.15, 0.2) is 0 Å². The van der Waals surface area contributed by atoms with Crippen molar-refractivity contribution in [3.05, 3.63) is 20.8 Å². The van der Waals surface area contributed by atoms with Gasteiger partial charge in [-0.15, -0.1) is 11.3 Å². The lowest BCUT2D eigenvalue weighted by molar-refractivity contribution is 0.0580. The SMILES string of the molecule is CC1(C)CCN(C(=O)c2ccc(Br)s2)CC1N. The number of carbonyl (C=O) groups excluding carboxylic acids is 1. The Morgan fingerprint density at radius 1 is 1.59 bits per heavy atom. The summed E-state index contributed by atoms with van der Waals surface area (Å²) in [5.41, 5.74) is 6.26. The lowest BCUT2D eigenvalue weighted by Gasteiger charge is -2.41. The Labute approximate surface area is 114 Å². The van der Waals surface area contributed by atoms with Crippen molar-refractivity contribution in [3.8, 4) is 0 Å². The molecule has 1 unspecified atom stereocenters. The van der Waals surface area contributed by atoms with Crippen LogP contribution in [-0.4, -0.2) is 29.9 Å². The Kier molecular flexibility index (Phi) is 3.61. The quantitative estimate of drug-likeness (QED) is 0.866. The summed E-state index contributed by atoms with van der Waals surface area (Å²) in [6, 6.07) is 3.83. The van der Waals surface area contributed by atoms with Gasteiger partial charge in [0.2, 0.25) is 0 Å². The van der Waals surface area contributed by atoms with Gasteiger partial charge in [0, 0.05) is 19.1 Å². The van der Waals surface area contributed by atoms with Crippen molar-refractivity contribution in [1.82, 2.24) is 4.90 Å². The Balaban J connectivity index is 2.08. The maximum atomic E-state index is 12.2. The molecule has 1 saturated heterocycles. The van der Waals surface area contributed by atoms with Crippen LogP contribution in [0.15, 0.2) is 15.9 Å². The monoisotopic (exact) mass is 316 g/mol. The van der Waals surface area contributed by atoms with E-state index in [1.54, 1.807) is 0 Å². The van der Waals surface area contributed by atoms with Gasteiger partial charge < -0.3 is 10.6 Å². The number of likely N-dealkylation sites (tertiary alicyclic amines) is 1. The van der Waals surface area contributed by atoms with E-state index < -0.39 is 0 Å². The van der Waals surface area contributed by atoms with E-state index in [-0.39, 0.29) is 17.4 Å². The predicted octanol–water partition coefficient (Wildman–Crippen LogP) is 2.71. The minimum atomic E-state index is 0.0589. The minimum absolute atomic E-state index is 0.0589. The summed E-state index contributed by atoms with van der Waals surface area (Å²) >= 11 is 4.85.